The van der Waals surface area contributed by atoms with Gasteiger partial charge in [-0.3, -0.25) is 4.79 Å². The zero-order valence-corrected chi connectivity index (χ0v) is 11.2. The third-order valence-electron chi connectivity index (χ3n) is 3.77. The number of nitrogen functional groups attached to an aromatic ring is 1. The lowest BCUT2D eigenvalue weighted by Gasteiger charge is -2.17. The van der Waals surface area contributed by atoms with Crippen molar-refractivity contribution in [3.05, 3.63) is 23.8 Å². The Hall–Kier alpha value is -1.75. The quantitative estimate of drug-likeness (QED) is 0.581. The Morgan fingerprint density at radius 2 is 2.21 bits per heavy atom. The molecule has 1 fully saturated rings. The highest BCUT2D eigenvalue weighted by Gasteiger charge is 2.41. The van der Waals surface area contributed by atoms with E-state index in [-0.39, 0.29) is 17.9 Å². The van der Waals surface area contributed by atoms with Gasteiger partial charge in [0.15, 0.2) is 0 Å². The summed E-state index contributed by atoms with van der Waals surface area (Å²) in [6, 6.07) is 5.22. The number of hydrogen-bond donors (Lipinski definition) is 4. The van der Waals surface area contributed by atoms with Crippen LogP contribution in [0.3, 0.4) is 0 Å². The molecule has 0 saturated heterocycles. The van der Waals surface area contributed by atoms with Crippen LogP contribution < -0.4 is 16.4 Å². The fraction of sp³-hybridized carbons (Fsp3) is 0.500. The van der Waals surface area contributed by atoms with Crippen LogP contribution in [0.2, 0.25) is 0 Å². The van der Waals surface area contributed by atoms with Gasteiger partial charge in [-0.15, -0.1) is 0 Å². The van der Waals surface area contributed by atoms with Crippen LogP contribution in [0.1, 0.15) is 29.6 Å². The van der Waals surface area contributed by atoms with E-state index < -0.39 is 0 Å². The monoisotopic (exact) mass is 263 g/mol. The first-order chi connectivity index (χ1) is 9.10. The smallest absolute Gasteiger partial charge is 0.253 e. The number of benzene rings is 1. The molecule has 104 valence electrons. The average Bonchev–Trinajstić information content (AvgIpc) is 3.16. The van der Waals surface area contributed by atoms with Gasteiger partial charge in [0.05, 0.1) is 5.56 Å². The van der Waals surface area contributed by atoms with Crippen molar-refractivity contribution < 1.29 is 9.90 Å². The van der Waals surface area contributed by atoms with E-state index in [1.165, 1.54) is 0 Å². The molecule has 1 aliphatic carbocycles. The van der Waals surface area contributed by atoms with Gasteiger partial charge in [0, 0.05) is 31.6 Å². The molecule has 0 aromatic heterocycles. The molecule has 0 atom stereocenters. The third-order valence-corrected chi connectivity index (χ3v) is 3.77. The largest absolute Gasteiger partial charge is 0.399 e. The number of rotatable bonds is 6. The third kappa shape index (κ3) is 3.17. The molecule has 5 N–H and O–H groups in total. The lowest BCUT2D eigenvalue weighted by Crippen LogP contribution is -2.22. The van der Waals surface area contributed by atoms with Crippen molar-refractivity contribution in [3.63, 3.8) is 0 Å². The molecule has 2 rings (SSSR count). The Bertz CT molecular complexity index is 470. The summed E-state index contributed by atoms with van der Waals surface area (Å²) in [5.41, 5.74) is 7.94. The molecule has 19 heavy (non-hydrogen) atoms. The second-order valence-electron chi connectivity index (χ2n) is 5.21. The molecule has 0 spiro atoms. The van der Waals surface area contributed by atoms with E-state index in [0.717, 1.165) is 31.5 Å². The predicted octanol–water partition coefficient (Wildman–Crippen LogP) is 1.20. The summed E-state index contributed by atoms with van der Waals surface area (Å²) in [6.07, 6.45) is 3.05. The van der Waals surface area contributed by atoms with Crippen molar-refractivity contribution in [3.8, 4) is 0 Å². The highest BCUT2D eigenvalue weighted by atomic mass is 16.3. The number of aliphatic hydroxyl groups excluding tert-OH is 1. The molecule has 1 aliphatic rings. The molecule has 5 heteroatoms. The molecule has 0 aliphatic heterocycles. The van der Waals surface area contributed by atoms with Crippen LogP contribution in [0.4, 0.5) is 11.4 Å². The Morgan fingerprint density at radius 3 is 2.79 bits per heavy atom. The number of anilines is 2. The van der Waals surface area contributed by atoms with Crippen molar-refractivity contribution in [2.75, 3.05) is 31.2 Å². The van der Waals surface area contributed by atoms with Crippen LogP contribution in [0.25, 0.3) is 0 Å². The molecular weight excluding hydrogens is 242 g/mol. The van der Waals surface area contributed by atoms with E-state index in [1.54, 1.807) is 25.2 Å². The minimum Gasteiger partial charge on any atom is -0.399 e. The maximum Gasteiger partial charge on any atom is 0.253 e. The second-order valence-corrected chi connectivity index (χ2v) is 5.21. The molecular formula is C14H21N3O2. The van der Waals surface area contributed by atoms with Gasteiger partial charge in [-0.05, 0) is 42.9 Å². The van der Waals surface area contributed by atoms with Gasteiger partial charge in [-0.1, -0.05) is 0 Å². The van der Waals surface area contributed by atoms with E-state index >= 15 is 0 Å². The number of amides is 1. The van der Waals surface area contributed by atoms with E-state index in [1.807, 2.05) is 0 Å². The molecule has 1 aromatic carbocycles. The Labute approximate surface area is 113 Å². The summed E-state index contributed by atoms with van der Waals surface area (Å²) in [5, 5.41) is 15.0. The summed E-state index contributed by atoms with van der Waals surface area (Å²) in [7, 11) is 1.61. The summed E-state index contributed by atoms with van der Waals surface area (Å²) >= 11 is 0. The van der Waals surface area contributed by atoms with E-state index in [0.29, 0.717) is 11.3 Å². The molecule has 5 nitrogen and oxygen atoms in total. The molecule has 1 aromatic rings. The highest BCUT2D eigenvalue weighted by molar-refractivity contribution is 6.00. The first kappa shape index (κ1) is 13.7. The van der Waals surface area contributed by atoms with Gasteiger partial charge >= 0.3 is 0 Å². The zero-order valence-electron chi connectivity index (χ0n) is 11.2. The normalized spacial score (nSPS) is 15.9. The van der Waals surface area contributed by atoms with Gasteiger partial charge in [0.25, 0.3) is 5.91 Å². The van der Waals surface area contributed by atoms with Crippen LogP contribution in [0, 0.1) is 5.41 Å². The number of carbonyl (C=O) groups excluding carboxylic acids is 1. The molecule has 0 heterocycles. The first-order valence-corrected chi connectivity index (χ1v) is 6.56. The predicted molar refractivity (Wildman–Crippen MR) is 76.1 cm³/mol. The summed E-state index contributed by atoms with van der Waals surface area (Å²) < 4.78 is 0. The standard InChI is InChI=1S/C14H21N3O2/c1-16-13(19)11-3-2-10(15)8-12(11)17-9-14(4-5-14)6-7-18/h2-3,8,17-18H,4-7,9,15H2,1H3,(H,16,19). The lowest BCUT2D eigenvalue weighted by atomic mass is 10.0. The molecule has 0 unspecified atom stereocenters. The number of hydrogen-bond acceptors (Lipinski definition) is 4. The van der Waals surface area contributed by atoms with Gasteiger partial charge in [-0.2, -0.15) is 0 Å². The van der Waals surface area contributed by atoms with Crippen molar-refractivity contribution in [1.82, 2.24) is 5.32 Å². The fourth-order valence-corrected chi connectivity index (χ4v) is 2.25. The minimum atomic E-state index is -0.130. The SMILES string of the molecule is CNC(=O)c1ccc(N)cc1NCC1(CCO)CC1. The van der Waals surface area contributed by atoms with Gasteiger partial charge in [0.1, 0.15) is 0 Å². The Morgan fingerprint density at radius 1 is 1.47 bits per heavy atom. The topological polar surface area (TPSA) is 87.4 Å². The first-order valence-electron chi connectivity index (χ1n) is 6.56. The van der Waals surface area contributed by atoms with Crippen molar-refractivity contribution in [1.29, 1.82) is 0 Å². The molecule has 0 radical (unpaired) electrons. The average molecular weight is 263 g/mol. The minimum absolute atomic E-state index is 0.130. The van der Waals surface area contributed by atoms with Gasteiger partial charge < -0.3 is 21.5 Å². The van der Waals surface area contributed by atoms with Crippen LogP contribution in [0.5, 0.6) is 0 Å². The van der Waals surface area contributed by atoms with E-state index in [2.05, 4.69) is 10.6 Å². The molecule has 1 amide bonds. The van der Waals surface area contributed by atoms with Gasteiger partial charge in [0.2, 0.25) is 0 Å². The van der Waals surface area contributed by atoms with Crippen molar-refractivity contribution in [2.24, 2.45) is 5.41 Å². The Kier molecular flexibility index (Phi) is 3.95. The molecule has 0 bridgehead atoms. The zero-order chi connectivity index (χ0) is 13.9. The number of aliphatic hydroxyl groups is 1. The van der Waals surface area contributed by atoms with Crippen molar-refractivity contribution >= 4 is 17.3 Å². The van der Waals surface area contributed by atoms with Gasteiger partial charge in [-0.25, -0.2) is 0 Å². The van der Waals surface area contributed by atoms with Crippen LogP contribution in [-0.4, -0.2) is 31.2 Å². The maximum absolute atomic E-state index is 11.8. The van der Waals surface area contributed by atoms with Crippen LogP contribution in [0.15, 0.2) is 18.2 Å². The van der Waals surface area contributed by atoms with E-state index in [9.17, 15) is 4.79 Å². The number of nitrogens with two attached hydrogens (primary N) is 1. The second kappa shape index (κ2) is 5.48. The summed E-state index contributed by atoms with van der Waals surface area (Å²) in [6.45, 7) is 0.974. The highest BCUT2D eigenvalue weighted by Crippen LogP contribution is 2.48. The molecule has 1 saturated carbocycles. The Balaban J connectivity index is 2.10. The van der Waals surface area contributed by atoms with Crippen molar-refractivity contribution in [2.45, 2.75) is 19.3 Å². The van der Waals surface area contributed by atoms with Crippen LogP contribution >= 0.6 is 0 Å². The lowest BCUT2D eigenvalue weighted by molar-refractivity contribution is 0.0964. The summed E-state index contributed by atoms with van der Waals surface area (Å²) in [5.74, 6) is -0.130. The number of nitrogens with one attached hydrogen (secondary N) is 2. The van der Waals surface area contributed by atoms with Crippen LogP contribution in [-0.2, 0) is 0 Å². The van der Waals surface area contributed by atoms with E-state index in [4.69, 9.17) is 10.8 Å². The maximum atomic E-state index is 11.8. The summed E-state index contributed by atoms with van der Waals surface area (Å²) in [4.78, 5) is 11.8. The fourth-order valence-electron chi connectivity index (χ4n) is 2.25. The number of carbonyl (C=O) groups is 1.